The number of nitriles is 1. The van der Waals surface area contributed by atoms with Crippen molar-refractivity contribution < 1.29 is 9.53 Å². The van der Waals surface area contributed by atoms with E-state index in [9.17, 15) is 4.79 Å². The zero-order chi connectivity index (χ0) is 15.1. The summed E-state index contributed by atoms with van der Waals surface area (Å²) in [5.41, 5.74) is 2.24. The van der Waals surface area contributed by atoms with Crippen molar-refractivity contribution in [3.05, 3.63) is 57.8 Å². The molecule has 4 nitrogen and oxygen atoms in total. The third-order valence-corrected chi connectivity index (χ3v) is 3.80. The lowest BCUT2D eigenvalue weighted by Gasteiger charge is -2.22. The van der Waals surface area contributed by atoms with Crippen LogP contribution in [-0.4, -0.2) is 31.1 Å². The van der Waals surface area contributed by atoms with E-state index in [0.29, 0.717) is 30.8 Å². The van der Waals surface area contributed by atoms with Crippen molar-refractivity contribution in [2.75, 3.05) is 20.3 Å². The lowest BCUT2D eigenvalue weighted by atomic mass is 10.1. The summed E-state index contributed by atoms with van der Waals surface area (Å²) in [5, 5.41) is 12.8. The van der Waals surface area contributed by atoms with Gasteiger partial charge in [-0.25, -0.2) is 0 Å². The van der Waals surface area contributed by atoms with Crippen LogP contribution in [0.4, 0.5) is 0 Å². The Labute approximate surface area is 128 Å². The number of carbonyl (C=O) groups is 1. The fourth-order valence-corrected chi connectivity index (χ4v) is 2.59. The van der Waals surface area contributed by atoms with Crippen molar-refractivity contribution in [1.82, 2.24) is 4.90 Å². The van der Waals surface area contributed by atoms with Crippen LogP contribution >= 0.6 is 11.3 Å². The van der Waals surface area contributed by atoms with Gasteiger partial charge < -0.3 is 9.64 Å². The molecule has 108 valence electrons. The van der Waals surface area contributed by atoms with Crippen LogP contribution in [0, 0.1) is 11.3 Å². The number of rotatable bonds is 6. The molecule has 21 heavy (non-hydrogen) atoms. The molecule has 0 aliphatic rings. The highest BCUT2D eigenvalue weighted by molar-refractivity contribution is 7.07. The molecule has 2 aromatic rings. The maximum absolute atomic E-state index is 12.6. The topological polar surface area (TPSA) is 53.3 Å². The maximum Gasteiger partial charge on any atom is 0.254 e. The molecule has 1 amide bonds. The summed E-state index contributed by atoms with van der Waals surface area (Å²) in [6.45, 7) is 1.59. The zero-order valence-corrected chi connectivity index (χ0v) is 12.6. The summed E-state index contributed by atoms with van der Waals surface area (Å²) in [5.74, 6) is -0.0530. The molecule has 0 aliphatic carbocycles. The Morgan fingerprint density at radius 1 is 1.33 bits per heavy atom. The van der Waals surface area contributed by atoms with Crippen molar-refractivity contribution in [2.45, 2.75) is 6.54 Å². The number of carbonyl (C=O) groups excluding carboxylic acids is 1. The molecule has 0 fully saturated rings. The van der Waals surface area contributed by atoms with E-state index in [1.165, 1.54) is 0 Å². The maximum atomic E-state index is 12.6. The van der Waals surface area contributed by atoms with Crippen LogP contribution in [-0.2, 0) is 11.3 Å². The lowest BCUT2D eigenvalue weighted by molar-refractivity contribution is 0.0680. The number of hydrogen-bond acceptors (Lipinski definition) is 4. The third kappa shape index (κ3) is 4.15. The number of amides is 1. The van der Waals surface area contributed by atoms with Gasteiger partial charge in [0.2, 0.25) is 0 Å². The van der Waals surface area contributed by atoms with Crippen molar-refractivity contribution in [3.8, 4) is 6.07 Å². The van der Waals surface area contributed by atoms with Gasteiger partial charge >= 0.3 is 0 Å². The number of nitrogens with zero attached hydrogens (tertiary/aromatic N) is 2. The summed E-state index contributed by atoms with van der Waals surface area (Å²) >= 11 is 1.61. The normalized spacial score (nSPS) is 10.1. The number of benzene rings is 1. The molecule has 2 rings (SSSR count). The Hall–Kier alpha value is -2.16. The highest BCUT2D eigenvalue weighted by atomic mass is 32.1. The first-order chi connectivity index (χ1) is 10.2. The van der Waals surface area contributed by atoms with E-state index in [0.717, 1.165) is 5.56 Å². The van der Waals surface area contributed by atoms with Gasteiger partial charge in [-0.2, -0.15) is 16.6 Å². The van der Waals surface area contributed by atoms with E-state index in [-0.39, 0.29) is 5.91 Å². The fourth-order valence-electron chi connectivity index (χ4n) is 1.93. The smallest absolute Gasteiger partial charge is 0.254 e. The molecule has 0 unspecified atom stereocenters. The standard InChI is InChI=1S/C16H16N2O2S/c1-20-8-7-18(11-14-6-9-21-12-14)16(19)15-4-2-13(10-17)3-5-15/h2-6,9,12H,7-8,11H2,1H3. The van der Waals surface area contributed by atoms with Gasteiger partial charge in [0.05, 0.1) is 18.2 Å². The lowest BCUT2D eigenvalue weighted by Crippen LogP contribution is -2.33. The summed E-state index contributed by atoms with van der Waals surface area (Å²) in [4.78, 5) is 14.3. The summed E-state index contributed by atoms with van der Waals surface area (Å²) in [7, 11) is 1.62. The van der Waals surface area contributed by atoms with Gasteiger partial charge in [0.25, 0.3) is 5.91 Å². The summed E-state index contributed by atoms with van der Waals surface area (Å²) < 4.78 is 5.08. The molecule has 0 atom stereocenters. The minimum Gasteiger partial charge on any atom is -0.383 e. The fraction of sp³-hybridized carbons (Fsp3) is 0.250. The molecule has 0 saturated heterocycles. The second kappa shape index (κ2) is 7.58. The van der Waals surface area contributed by atoms with E-state index < -0.39 is 0 Å². The highest BCUT2D eigenvalue weighted by Gasteiger charge is 2.16. The molecule has 0 bridgehead atoms. The van der Waals surface area contributed by atoms with Crippen LogP contribution in [0.5, 0.6) is 0 Å². The van der Waals surface area contributed by atoms with E-state index in [1.807, 2.05) is 22.9 Å². The van der Waals surface area contributed by atoms with Crippen LogP contribution in [0.3, 0.4) is 0 Å². The average Bonchev–Trinajstić information content (AvgIpc) is 3.04. The first-order valence-electron chi connectivity index (χ1n) is 6.54. The van der Waals surface area contributed by atoms with Gasteiger partial charge in [-0.15, -0.1) is 0 Å². The van der Waals surface area contributed by atoms with Crippen molar-refractivity contribution >= 4 is 17.2 Å². The van der Waals surface area contributed by atoms with Crippen LogP contribution < -0.4 is 0 Å². The quantitative estimate of drug-likeness (QED) is 0.824. The van der Waals surface area contributed by atoms with Crippen molar-refractivity contribution in [1.29, 1.82) is 5.26 Å². The largest absolute Gasteiger partial charge is 0.383 e. The minimum absolute atomic E-state index is 0.0530. The van der Waals surface area contributed by atoms with E-state index in [4.69, 9.17) is 10.00 Å². The second-order valence-corrected chi connectivity index (χ2v) is 5.32. The Kier molecular flexibility index (Phi) is 5.50. The molecule has 1 aromatic heterocycles. The molecule has 1 aromatic carbocycles. The van der Waals surface area contributed by atoms with Crippen molar-refractivity contribution in [3.63, 3.8) is 0 Å². The van der Waals surface area contributed by atoms with Crippen LogP contribution in [0.2, 0.25) is 0 Å². The Morgan fingerprint density at radius 3 is 2.67 bits per heavy atom. The molecule has 0 radical (unpaired) electrons. The van der Waals surface area contributed by atoms with Gasteiger partial charge in [-0.1, -0.05) is 0 Å². The van der Waals surface area contributed by atoms with Crippen LogP contribution in [0.25, 0.3) is 0 Å². The zero-order valence-electron chi connectivity index (χ0n) is 11.8. The number of thiophene rings is 1. The number of ether oxygens (including phenoxy) is 1. The molecule has 5 heteroatoms. The SMILES string of the molecule is COCCN(Cc1ccsc1)C(=O)c1ccc(C#N)cc1. The van der Waals surface area contributed by atoms with E-state index >= 15 is 0 Å². The highest BCUT2D eigenvalue weighted by Crippen LogP contribution is 2.13. The van der Waals surface area contributed by atoms with Crippen LogP contribution in [0.15, 0.2) is 41.1 Å². The van der Waals surface area contributed by atoms with Crippen LogP contribution in [0.1, 0.15) is 21.5 Å². The summed E-state index contributed by atoms with van der Waals surface area (Å²) in [6, 6.07) is 10.8. The Morgan fingerprint density at radius 2 is 2.10 bits per heavy atom. The molecular weight excluding hydrogens is 284 g/mol. The second-order valence-electron chi connectivity index (χ2n) is 4.54. The summed E-state index contributed by atoms with van der Waals surface area (Å²) in [6.07, 6.45) is 0. The average molecular weight is 300 g/mol. The monoisotopic (exact) mass is 300 g/mol. The first kappa shape index (κ1) is 15.2. The molecular formula is C16H16N2O2S. The molecule has 0 spiro atoms. The van der Waals surface area contributed by atoms with Gasteiger partial charge in [-0.3, -0.25) is 4.79 Å². The van der Waals surface area contributed by atoms with Gasteiger partial charge in [0.1, 0.15) is 0 Å². The molecule has 0 aliphatic heterocycles. The van der Waals surface area contributed by atoms with E-state index in [2.05, 4.69) is 0 Å². The minimum atomic E-state index is -0.0530. The Balaban J connectivity index is 2.14. The Bertz CT molecular complexity index is 615. The number of hydrogen-bond donors (Lipinski definition) is 0. The van der Waals surface area contributed by atoms with Crippen molar-refractivity contribution in [2.24, 2.45) is 0 Å². The predicted octanol–water partition coefficient (Wildman–Crippen LogP) is 2.91. The number of methoxy groups -OCH3 is 1. The van der Waals surface area contributed by atoms with Gasteiger partial charge in [0.15, 0.2) is 0 Å². The van der Waals surface area contributed by atoms with E-state index in [1.54, 1.807) is 47.6 Å². The van der Waals surface area contributed by atoms with Gasteiger partial charge in [-0.05, 0) is 46.7 Å². The first-order valence-corrected chi connectivity index (χ1v) is 7.48. The third-order valence-electron chi connectivity index (χ3n) is 3.07. The predicted molar refractivity (Wildman–Crippen MR) is 82.1 cm³/mol. The van der Waals surface area contributed by atoms with Gasteiger partial charge in [0, 0.05) is 25.8 Å². The molecule has 0 saturated carbocycles. The molecule has 1 heterocycles. The molecule has 0 N–H and O–H groups in total.